The molecule has 0 saturated heterocycles. The number of hydrogen-bond donors (Lipinski definition) is 3. The molecule has 30 heavy (non-hydrogen) atoms. The highest BCUT2D eigenvalue weighted by atomic mass is 16.3. The number of benzene rings is 2. The van der Waals surface area contributed by atoms with E-state index in [4.69, 9.17) is 0 Å². The van der Waals surface area contributed by atoms with Gasteiger partial charge in [-0.15, -0.1) is 0 Å². The molecular formula is C23H24N4O3. The number of nitrogens with one attached hydrogen (secondary N) is 2. The Labute approximate surface area is 174 Å². The summed E-state index contributed by atoms with van der Waals surface area (Å²) in [6.45, 7) is 1.92. The van der Waals surface area contributed by atoms with Gasteiger partial charge in [-0.2, -0.15) is 9.78 Å². The van der Waals surface area contributed by atoms with Gasteiger partial charge in [0, 0.05) is 36.7 Å². The number of carbonyl (C=O) groups is 2. The van der Waals surface area contributed by atoms with Crippen molar-refractivity contribution < 1.29 is 14.7 Å². The average molecular weight is 404 g/mol. The predicted molar refractivity (Wildman–Crippen MR) is 115 cm³/mol. The molecule has 1 saturated carbocycles. The highest BCUT2D eigenvalue weighted by Crippen LogP contribution is 2.42. The van der Waals surface area contributed by atoms with E-state index >= 15 is 0 Å². The third kappa shape index (κ3) is 4.51. The maximum absolute atomic E-state index is 12.8. The summed E-state index contributed by atoms with van der Waals surface area (Å²) in [6, 6.07) is 16.4. The van der Waals surface area contributed by atoms with E-state index in [-0.39, 0.29) is 17.7 Å². The van der Waals surface area contributed by atoms with Gasteiger partial charge in [0.05, 0.1) is 11.4 Å². The lowest BCUT2D eigenvalue weighted by Gasteiger charge is -2.08. The van der Waals surface area contributed by atoms with E-state index in [1.807, 2.05) is 36.4 Å². The van der Waals surface area contributed by atoms with Gasteiger partial charge in [0.1, 0.15) is 5.75 Å². The van der Waals surface area contributed by atoms with Crippen molar-refractivity contribution in [2.24, 2.45) is 0 Å². The minimum absolute atomic E-state index is 0.00210. The van der Waals surface area contributed by atoms with E-state index in [2.05, 4.69) is 15.7 Å². The smallest absolute Gasteiger partial charge is 0.342 e. The molecular weight excluding hydrogens is 380 g/mol. The topological polar surface area (TPSA) is 96.3 Å². The van der Waals surface area contributed by atoms with Crippen molar-refractivity contribution in [3.05, 3.63) is 65.9 Å². The molecule has 1 fully saturated rings. The molecule has 1 heterocycles. The van der Waals surface area contributed by atoms with Crippen molar-refractivity contribution in [3.63, 3.8) is 0 Å². The van der Waals surface area contributed by atoms with Crippen LogP contribution in [0.3, 0.4) is 0 Å². The van der Waals surface area contributed by atoms with Gasteiger partial charge in [0.2, 0.25) is 5.91 Å². The molecule has 7 nitrogen and oxygen atoms in total. The average Bonchev–Trinajstić information content (AvgIpc) is 3.47. The molecule has 0 aliphatic heterocycles. The molecule has 154 valence electrons. The molecule has 1 aliphatic carbocycles. The molecule has 3 N–H and O–H groups in total. The van der Waals surface area contributed by atoms with Gasteiger partial charge >= 0.3 is 6.03 Å². The molecule has 0 bridgehead atoms. The normalized spacial score (nSPS) is 13.1. The number of carbonyl (C=O) groups excluding carboxylic acids is 2. The van der Waals surface area contributed by atoms with E-state index in [1.165, 1.54) is 17.7 Å². The quantitative estimate of drug-likeness (QED) is 0.581. The van der Waals surface area contributed by atoms with Crippen LogP contribution in [-0.4, -0.2) is 33.4 Å². The lowest BCUT2D eigenvalue weighted by Crippen LogP contribution is -2.32. The van der Waals surface area contributed by atoms with Crippen LogP contribution in [0, 0.1) is 0 Å². The minimum Gasteiger partial charge on any atom is -0.507 e. The van der Waals surface area contributed by atoms with Crippen molar-refractivity contribution in [2.45, 2.75) is 32.1 Å². The van der Waals surface area contributed by atoms with Crippen LogP contribution in [-0.2, 0) is 11.2 Å². The van der Waals surface area contributed by atoms with Crippen LogP contribution in [0.25, 0.3) is 11.3 Å². The summed E-state index contributed by atoms with van der Waals surface area (Å²) >= 11 is 0. The Morgan fingerprint density at radius 3 is 2.57 bits per heavy atom. The summed E-state index contributed by atoms with van der Waals surface area (Å²) in [6.07, 6.45) is 2.79. The van der Waals surface area contributed by atoms with Gasteiger partial charge in [-0.1, -0.05) is 30.3 Å². The number of nitrogens with zero attached hydrogens (tertiary/aromatic N) is 2. The standard InChI is InChI=1S/C23H24N4O3/c1-15(28)25-18-9-10-19(22(29)13-18)20-14-21(17-7-8-17)27(26-20)23(30)24-12-11-16-5-3-2-4-6-16/h2-6,9-10,13-14,17,29H,7-8,11-12H2,1H3,(H,24,30)(H,25,28). The lowest BCUT2D eigenvalue weighted by atomic mass is 10.1. The van der Waals surface area contributed by atoms with Crippen molar-refractivity contribution in [1.82, 2.24) is 15.1 Å². The highest BCUT2D eigenvalue weighted by Gasteiger charge is 2.30. The van der Waals surface area contributed by atoms with Crippen LogP contribution in [0.2, 0.25) is 0 Å². The van der Waals surface area contributed by atoms with Gasteiger partial charge < -0.3 is 15.7 Å². The number of phenols is 1. The van der Waals surface area contributed by atoms with E-state index in [0.717, 1.165) is 30.5 Å². The Morgan fingerprint density at radius 1 is 1.13 bits per heavy atom. The molecule has 3 aromatic rings. The molecule has 0 spiro atoms. The summed E-state index contributed by atoms with van der Waals surface area (Å²) in [5.74, 6) is 0.0965. The van der Waals surface area contributed by atoms with E-state index in [1.54, 1.807) is 12.1 Å². The number of amides is 2. The summed E-state index contributed by atoms with van der Waals surface area (Å²) in [7, 11) is 0. The molecule has 0 atom stereocenters. The molecule has 1 aliphatic rings. The van der Waals surface area contributed by atoms with Crippen LogP contribution in [0.4, 0.5) is 10.5 Å². The van der Waals surface area contributed by atoms with Gasteiger partial charge in [-0.05, 0) is 43.0 Å². The molecule has 4 rings (SSSR count). The van der Waals surface area contributed by atoms with E-state index in [0.29, 0.717) is 29.4 Å². The van der Waals surface area contributed by atoms with Crippen molar-refractivity contribution in [2.75, 3.05) is 11.9 Å². The fourth-order valence-corrected chi connectivity index (χ4v) is 3.42. The Hall–Kier alpha value is -3.61. The Kier molecular flexibility index (Phi) is 5.52. The first-order chi connectivity index (χ1) is 14.5. The molecule has 1 aromatic heterocycles. The third-order valence-electron chi connectivity index (χ3n) is 5.05. The van der Waals surface area contributed by atoms with Gasteiger partial charge in [-0.25, -0.2) is 4.79 Å². The summed E-state index contributed by atoms with van der Waals surface area (Å²) in [4.78, 5) is 24.0. The zero-order valence-electron chi connectivity index (χ0n) is 16.8. The van der Waals surface area contributed by atoms with Crippen molar-refractivity contribution in [3.8, 4) is 17.0 Å². The largest absolute Gasteiger partial charge is 0.507 e. The fourth-order valence-electron chi connectivity index (χ4n) is 3.42. The maximum atomic E-state index is 12.8. The summed E-state index contributed by atoms with van der Waals surface area (Å²) < 4.78 is 1.42. The molecule has 7 heteroatoms. The lowest BCUT2D eigenvalue weighted by molar-refractivity contribution is -0.114. The number of aromatic nitrogens is 2. The number of aromatic hydroxyl groups is 1. The van der Waals surface area contributed by atoms with Gasteiger partial charge in [0.25, 0.3) is 0 Å². The van der Waals surface area contributed by atoms with Crippen LogP contribution in [0.5, 0.6) is 5.75 Å². The Morgan fingerprint density at radius 2 is 1.90 bits per heavy atom. The van der Waals surface area contributed by atoms with Gasteiger partial charge in [0.15, 0.2) is 0 Å². The van der Waals surface area contributed by atoms with Gasteiger partial charge in [-0.3, -0.25) is 4.79 Å². The second-order valence-corrected chi connectivity index (χ2v) is 7.52. The third-order valence-corrected chi connectivity index (χ3v) is 5.05. The molecule has 0 unspecified atom stereocenters. The predicted octanol–water partition coefficient (Wildman–Crippen LogP) is 3.89. The molecule has 2 amide bonds. The number of rotatable bonds is 6. The van der Waals surface area contributed by atoms with Crippen molar-refractivity contribution in [1.29, 1.82) is 0 Å². The number of hydrogen-bond acceptors (Lipinski definition) is 4. The summed E-state index contributed by atoms with van der Waals surface area (Å²) in [5.41, 5.74) is 3.56. The first kappa shape index (κ1) is 19.7. The van der Waals surface area contributed by atoms with E-state index in [9.17, 15) is 14.7 Å². The van der Waals surface area contributed by atoms with E-state index < -0.39 is 0 Å². The number of phenolic OH excluding ortho intramolecular Hbond substituents is 1. The van der Waals surface area contributed by atoms with Crippen LogP contribution < -0.4 is 10.6 Å². The number of anilines is 1. The Balaban J connectivity index is 1.52. The first-order valence-electron chi connectivity index (χ1n) is 10.0. The monoisotopic (exact) mass is 404 g/mol. The fraction of sp³-hybridized carbons (Fsp3) is 0.261. The van der Waals surface area contributed by atoms with Crippen molar-refractivity contribution >= 4 is 17.6 Å². The maximum Gasteiger partial charge on any atom is 0.342 e. The molecule has 2 aromatic carbocycles. The van der Waals surface area contributed by atoms with Crippen LogP contribution in [0.1, 0.15) is 36.9 Å². The minimum atomic E-state index is -0.270. The SMILES string of the molecule is CC(=O)Nc1ccc(-c2cc(C3CC3)n(C(=O)NCCc3ccccc3)n2)c(O)c1. The highest BCUT2D eigenvalue weighted by molar-refractivity contribution is 5.89. The van der Waals surface area contributed by atoms with Crippen LogP contribution >= 0.6 is 0 Å². The summed E-state index contributed by atoms with van der Waals surface area (Å²) in [5, 5.41) is 20.5. The first-order valence-corrected chi connectivity index (χ1v) is 10.0. The zero-order chi connectivity index (χ0) is 21.1. The second-order valence-electron chi connectivity index (χ2n) is 7.52. The zero-order valence-corrected chi connectivity index (χ0v) is 16.8. The molecule has 0 radical (unpaired) electrons. The van der Waals surface area contributed by atoms with Crippen LogP contribution in [0.15, 0.2) is 54.6 Å². The Bertz CT molecular complexity index is 1070. The second kappa shape index (κ2) is 8.41.